The quantitative estimate of drug-likeness (QED) is 0.657. The van der Waals surface area contributed by atoms with Crippen molar-refractivity contribution < 1.29 is 19.1 Å². The number of Topliss-reactive ketones (excluding diaryl/α,β-unsaturated/α-hetero) is 1. The third-order valence-electron chi connectivity index (χ3n) is 7.70. The molecule has 0 unspecified atom stereocenters. The van der Waals surface area contributed by atoms with Gasteiger partial charge in [0.05, 0.1) is 6.04 Å². The molecule has 3 N–H and O–H groups in total. The minimum atomic E-state index is -0.995. The molecular formula is C24H33N5O4. The predicted molar refractivity (Wildman–Crippen MR) is 123 cm³/mol. The fourth-order valence-electron chi connectivity index (χ4n) is 5.72. The highest BCUT2D eigenvalue weighted by molar-refractivity contribution is 6.01. The summed E-state index contributed by atoms with van der Waals surface area (Å²) in [6.07, 6.45) is 2.39. The molecule has 1 aromatic carbocycles. The topological polar surface area (TPSA) is 108 Å². The smallest absolute Gasteiger partial charge is 0.252 e. The van der Waals surface area contributed by atoms with Crippen LogP contribution in [0.4, 0.5) is 5.69 Å². The Morgan fingerprint density at radius 2 is 1.76 bits per heavy atom. The van der Waals surface area contributed by atoms with Gasteiger partial charge in [-0.1, -0.05) is 12.8 Å². The molecule has 1 aliphatic carbocycles. The number of piperazine rings is 1. The van der Waals surface area contributed by atoms with Crippen molar-refractivity contribution in [2.45, 2.75) is 49.4 Å². The second-order valence-corrected chi connectivity index (χ2v) is 9.89. The maximum absolute atomic E-state index is 13.7. The van der Waals surface area contributed by atoms with E-state index in [2.05, 4.69) is 22.2 Å². The molecule has 1 saturated carbocycles. The number of nitrogens with two attached hydrogens (primary N) is 1. The Morgan fingerprint density at radius 3 is 2.42 bits per heavy atom. The molecule has 0 aromatic heterocycles. The molecule has 3 saturated heterocycles. The van der Waals surface area contributed by atoms with Gasteiger partial charge in [-0.3, -0.25) is 14.4 Å². The monoisotopic (exact) mass is 455 g/mol. The molecule has 5 rings (SSSR count). The lowest BCUT2D eigenvalue weighted by Crippen LogP contribution is -2.60. The lowest BCUT2D eigenvalue weighted by Gasteiger charge is -2.35. The normalized spacial score (nSPS) is 29.4. The van der Waals surface area contributed by atoms with Crippen molar-refractivity contribution in [3.8, 4) is 0 Å². The summed E-state index contributed by atoms with van der Waals surface area (Å²) >= 11 is 0. The maximum Gasteiger partial charge on any atom is 0.252 e. The van der Waals surface area contributed by atoms with Gasteiger partial charge in [-0.2, -0.15) is 0 Å². The number of benzene rings is 1. The number of carbonyl (C=O) groups is 3. The number of likely N-dealkylation sites (N-methyl/N-ethyl adjacent to an activating group) is 1. The van der Waals surface area contributed by atoms with Gasteiger partial charge < -0.3 is 30.5 Å². The van der Waals surface area contributed by atoms with Crippen molar-refractivity contribution >= 4 is 23.3 Å². The summed E-state index contributed by atoms with van der Waals surface area (Å²) in [7, 11) is 2.12. The van der Waals surface area contributed by atoms with E-state index in [1.807, 2.05) is 24.3 Å². The number of anilines is 1. The molecule has 0 bridgehead atoms. The second kappa shape index (κ2) is 8.70. The van der Waals surface area contributed by atoms with Gasteiger partial charge in [0, 0.05) is 44.0 Å². The number of hydrogen-bond donors (Lipinski definition) is 2. The van der Waals surface area contributed by atoms with E-state index in [9.17, 15) is 14.4 Å². The fourth-order valence-corrected chi connectivity index (χ4v) is 5.72. The number of nitrogens with zero attached hydrogens (tertiary/aromatic N) is 3. The molecule has 4 fully saturated rings. The van der Waals surface area contributed by atoms with Crippen LogP contribution < -0.4 is 16.0 Å². The van der Waals surface area contributed by atoms with Crippen LogP contribution in [0.2, 0.25) is 0 Å². The van der Waals surface area contributed by atoms with Crippen molar-refractivity contribution in [3.05, 3.63) is 29.8 Å². The molecule has 2 amide bonds. The first-order valence-corrected chi connectivity index (χ1v) is 11.9. The molecule has 3 atom stereocenters. The zero-order chi connectivity index (χ0) is 23.2. The van der Waals surface area contributed by atoms with E-state index in [0.29, 0.717) is 18.4 Å². The largest absolute Gasteiger partial charge is 0.369 e. The van der Waals surface area contributed by atoms with Gasteiger partial charge in [-0.05, 0) is 44.2 Å². The van der Waals surface area contributed by atoms with Crippen LogP contribution in [-0.4, -0.2) is 97.5 Å². The summed E-state index contributed by atoms with van der Waals surface area (Å²) in [6, 6.07) is 6.58. The third-order valence-corrected chi connectivity index (χ3v) is 7.70. The number of nitrogens with one attached hydrogen (secondary N) is 1. The first-order chi connectivity index (χ1) is 15.9. The zero-order valence-corrected chi connectivity index (χ0v) is 19.2. The van der Waals surface area contributed by atoms with Crippen LogP contribution in [0.25, 0.3) is 0 Å². The van der Waals surface area contributed by atoms with Gasteiger partial charge in [0.15, 0.2) is 5.78 Å². The lowest BCUT2D eigenvalue weighted by atomic mass is 9.93. The molecule has 9 nitrogen and oxygen atoms in total. The summed E-state index contributed by atoms with van der Waals surface area (Å²) in [5.41, 5.74) is 6.80. The summed E-state index contributed by atoms with van der Waals surface area (Å²) in [5, 5.41) is 3.06. The molecule has 4 aliphatic rings. The maximum atomic E-state index is 13.7. The molecular weight excluding hydrogens is 422 g/mol. The van der Waals surface area contributed by atoms with E-state index < -0.39 is 17.7 Å². The van der Waals surface area contributed by atoms with E-state index in [1.54, 1.807) is 4.90 Å². The Balaban J connectivity index is 1.30. The molecule has 3 aliphatic heterocycles. The highest BCUT2D eigenvalue weighted by atomic mass is 16.5. The minimum absolute atomic E-state index is 0.00811. The van der Waals surface area contributed by atoms with Gasteiger partial charge in [-0.15, -0.1) is 0 Å². The van der Waals surface area contributed by atoms with Crippen LogP contribution in [0.15, 0.2) is 24.3 Å². The zero-order valence-electron chi connectivity index (χ0n) is 19.2. The minimum Gasteiger partial charge on any atom is -0.369 e. The summed E-state index contributed by atoms with van der Waals surface area (Å²) in [5.74, 6) is -0.575. The summed E-state index contributed by atoms with van der Waals surface area (Å²) < 4.78 is 5.53. The molecule has 9 heteroatoms. The third kappa shape index (κ3) is 4.02. The molecule has 0 spiro atoms. The Kier molecular flexibility index (Phi) is 5.88. The van der Waals surface area contributed by atoms with E-state index in [-0.39, 0.29) is 36.8 Å². The van der Waals surface area contributed by atoms with Crippen molar-refractivity contribution in [3.63, 3.8) is 0 Å². The van der Waals surface area contributed by atoms with Crippen LogP contribution in [0, 0.1) is 0 Å². The predicted octanol–water partition coefficient (Wildman–Crippen LogP) is -0.0130. The fraction of sp³-hybridized carbons (Fsp3) is 0.625. The summed E-state index contributed by atoms with van der Waals surface area (Å²) in [4.78, 5) is 45.5. The highest BCUT2D eigenvalue weighted by Gasteiger charge is 2.55. The first kappa shape index (κ1) is 22.3. The van der Waals surface area contributed by atoms with Crippen LogP contribution in [0.3, 0.4) is 0 Å². The number of ketones is 1. The standard InChI is InChI=1S/C24H33N5O4/c1-27-10-12-28(13-11-27)17-6-4-16(5-7-17)22(31)26-24(8-2-3-9-24)23(32)29-14-18(25)21-20(29)19(30)15-33-21/h4-7,18,20-21H,2-3,8-15,25H2,1H3,(H,26,31)/t18-,20+,21+/m0/s1. The number of carbonyl (C=O) groups excluding carboxylic acids is 3. The van der Waals surface area contributed by atoms with E-state index in [0.717, 1.165) is 44.7 Å². The van der Waals surface area contributed by atoms with Crippen molar-refractivity contribution in [2.24, 2.45) is 5.73 Å². The Morgan fingerprint density at radius 1 is 1.09 bits per heavy atom. The van der Waals surface area contributed by atoms with Crippen molar-refractivity contribution in [1.82, 2.24) is 15.1 Å². The van der Waals surface area contributed by atoms with E-state index in [1.165, 1.54) is 0 Å². The number of ether oxygens (including phenoxy) is 1. The molecule has 3 heterocycles. The SMILES string of the molecule is CN1CCN(c2ccc(C(=O)NC3(C(=O)N4C[C@H](N)[C@H]5OCC(=O)[C@H]54)CCCC3)cc2)CC1. The number of hydrogen-bond acceptors (Lipinski definition) is 7. The van der Waals surface area contributed by atoms with Crippen LogP contribution >= 0.6 is 0 Å². The Hall–Kier alpha value is -2.49. The lowest BCUT2D eigenvalue weighted by molar-refractivity contribution is -0.142. The molecule has 33 heavy (non-hydrogen) atoms. The number of fused-ring (bicyclic) bond motifs is 1. The average molecular weight is 456 g/mol. The van der Waals surface area contributed by atoms with Crippen LogP contribution in [-0.2, 0) is 14.3 Å². The molecule has 1 aromatic rings. The van der Waals surface area contributed by atoms with Gasteiger partial charge in [0.2, 0.25) is 5.91 Å². The van der Waals surface area contributed by atoms with Crippen molar-refractivity contribution in [2.75, 3.05) is 51.3 Å². The van der Waals surface area contributed by atoms with Crippen LogP contribution in [0.1, 0.15) is 36.0 Å². The van der Waals surface area contributed by atoms with E-state index >= 15 is 0 Å². The highest BCUT2D eigenvalue weighted by Crippen LogP contribution is 2.36. The molecule has 178 valence electrons. The molecule has 0 radical (unpaired) electrons. The van der Waals surface area contributed by atoms with Gasteiger partial charge >= 0.3 is 0 Å². The van der Waals surface area contributed by atoms with Crippen LogP contribution in [0.5, 0.6) is 0 Å². The first-order valence-electron chi connectivity index (χ1n) is 11.9. The summed E-state index contributed by atoms with van der Waals surface area (Å²) in [6.45, 7) is 4.22. The van der Waals surface area contributed by atoms with E-state index in [4.69, 9.17) is 10.5 Å². The number of rotatable bonds is 4. The number of likely N-dealkylation sites (tertiary alicyclic amines) is 1. The average Bonchev–Trinajstić information content (AvgIpc) is 3.53. The Bertz CT molecular complexity index is 921. The van der Waals surface area contributed by atoms with Crippen molar-refractivity contribution in [1.29, 1.82) is 0 Å². The Labute approximate surface area is 194 Å². The van der Waals surface area contributed by atoms with Gasteiger partial charge in [0.25, 0.3) is 5.91 Å². The van der Waals surface area contributed by atoms with Gasteiger partial charge in [0.1, 0.15) is 24.3 Å². The van der Waals surface area contributed by atoms with Gasteiger partial charge in [-0.25, -0.2) is 0 Å². The second-order valence-electron chi connectivity index (χ2n) is 9.89. The number of amides is 2.